The molecule has 1 aromatic heterocycles. The van der Waals surface area contributed by atoms with E-state index in [1.165, 1.54) is 30.6 Å². The number of anilines is 3. The van der Waals surface area contributed by atoms with Gasteiger partial charge in [0.15, 0.2) is 0 Å². The first-order chi connectivity index (χ1) is 7.65. The summed E-state index contributed by atoms with van der Waals surface area (Å²) in [7, 11) is 0. The fraction of sp³-hybridized carbons (Fsp3) is 0. The highest BCUT2D eigenvalue weighted by Gasteiger charge is 2.03. The molecule has 0 saturated carbocycles. The van der Waals surface area contributed by atoms with Crippen LogP contribution >= 0.6 is 11.6 Å². The molecule has 16 heavy (non-hydrogen) atoms. The molecule has 1 aromatic carbocycles. The van der Waals surface area contributed by atoms with Gasteiger partial charge < -0.3 is 11.1 Å². The van der Waals surface area contributed by atoms with Crippen molar-refractivity contribution in [2.24, 2.45) is 0 Å². The number of aromatic nitrogens is 2. The van der Waals surface area contributed by atoms with Gasteiger partial charge in [0.05, 0.1) is 23.1 Å². The van der Waals surface area contributed by atoms with Crippen molar-refractivity contribution in [1.29, 1.82) is 0 Å². The Hall–Kier alpha value is -1.88. The van der Waals surface area contributed by atoms with Gasteiger partial charge in [-0.3, -0.25) is 0 Å². The molecule has 1 heterocycles. The van der Waals surface area contributed by atoms with Gasteiger partial charge in [-0.05, 0) is 18.2 Å². The number of nitrogens with zero attached hydrogens (tertiary/aromatic N) is 2. The molecule has 4 nitrogen and oxygen atoms in total. The average molecular weight is 239 g/mol. The molecular weight excluding hydrogens is 231 g/mol. The van der Waals surface area contributed by atoms with E-state index in [1.54, 1.807) is 0 Å². The fourth-order valence-corrected chi connectivity index (χ4v) is 1.30. The minimum atomic E-state index is -0.379. The van der Waals surface area contributed by atoms with Crippen molar-refractivity contribution in [3.63, 3.8) is 0 Å². The number of rotatable bonds is 2. The van der Waals surface area contributed by atoms with E-state index in [9.17, 15) is 4.39 Å². The van der Waals surface area contributed by atoms with Crippen molar-refractivity contribution < 1.29 is 4.39 Å². The Labute approximate surface area is 96.3 Å². The molecule has 0 aliphatic heterocycles. The van der Waals surface area contributed by atoms with Crippen LogP contribution in [0.5, 0.6) is 0 Å². The van der Waals surface area contributed by atoms with Gasteiger partial charge in [0.2, 0.25) is 0 Å². The van der Waals surface area contributed by atoms with Gasteiger partial charge in [0.25, 0.3) is 0 Å². The molecule has 0 aliphatic carbocycles. The van der Waals surface area contributed by atoms with Gasteiger partial charge in [-0.15, -0.1) is 0 Å². The van der Waals surface area contributed by atoms with E-state index >= 15 is 0 Å². The van der Waals surface area contributed by atoms with Crippen LogP contribution < -0.4 is 11.1 Å². The minimum Gasteiger partial charge on any atom is -0.382 e. The van der Waals surface area contributed by atoms with E-state index in [0.717, 1.165) is 0 Å². The molecule has 0 spiro atoms. The summed E-state index contributed by atoms with van der Waals surface area (Å²) >= 11 is 5.88. The Morgan fingerprint density at radius 1 is 1.25 bits per heavy atom. The second-order valence-corrected chi connectivity index (χ2v) is 3.48. The lowest BCUT2D eigenvalue weighted by Gasteiger charge is -2.07. The van der Waals surface area contributed by atoms with E-state index in [-0.39, 0.29) is 5.82 Å². The summed E-state index contributed by atoms with van der Waals surface area (Å²) in [5.41, 5.74) is 5.82. The summed E-state index contributed by atoms with van der Waals surface area (Å²) in [5, 5.41) is 3.24. The van der Waals surface area contributed by atoms with Crippen LogP contribution in [0, 0.1) is 5.82 Å². The highest BCUT2D eigenvalue weighted by molar-refractivity contribution is 6.33. The molecule has 0 unspecified atom stereocenters. The molecule has 0 aliphatic rings. The molecule has 0 radical (unpaired) electrons. The Balaban J connectivity index is 2.26. The van der Waals surface area contributed by atoms with Crippen LogP contribution in [0.2, 0.25) is 5.02 Å². The van der Waals surface area contributed by atoms with Gasteiger partial charge >= 0.3 is 0 Å². The lowest BCUT2D eigenvalue weighted by atomic mass is 10.3. The van der Waals surface area contributed by atoms with E-state index in [0.29, 0.717) is 22.3 Å². The zero-order chi connectivity index (χ0) is 11.5. The van der Waals surface area contributed by atoms with Gasteiger partial charge in [0.1, 0.15) is 17.5 Å². The zero-order valence-corrected chi connectivity index (χ0v) is 8.87. The summed E-state index contributed by atoms with van der Waals surface area (Å²) in [6.07, 6.45) is 2.84. The second kappa shape index (κ2) is 4.32. The predicted molar refractivity (Wildman–Crippen MR) is 61.1 cm³/mol. The fourth-order valence-electron chi connectivity index (χ4n) is 1.13. The SMILES string of the molecule is Nc1cnc(Nc2cc(F)ccc2Cl)cn1. The minimum absolute atomic E-state index is 0.316. The molecule has 2 rings (SSSR count). The van der Waals surface area contributed by atoms with Crippen LogP contribution in [0.15, 0.2) is 30.6 Å². The first kappa shape index (κ1) is 10.6. The summed E-state index contributed by atoms with van der Waals surface area (Å²) in [6, 6.07) is 4.02. The molecule has 3 N–H and O–H groups in total. The van der Waals surface area contributed by atoms with Crippen LogP contribution in [0.1, 0.15) is 0 Å². The Morgan fingerprint density at radius 2 is 2.06 bits per heavy atom. The van der Waals surface area contributed by atoms with Crippen LogP contribution in [-0.2, 0) is 0 Å². The Bertz CT molecular complexity index is 501. The molecule has 6 heteroatoms. The summed E-state index contributed by atoms with van der Waals surface area (Å²) < 4.78 is 13.0. The maximum Gasteiger partial charge on any atom is 0.149 e. The lowest BCUT2D eigenvalue weighted by Crippen LogP contribution is -1.97. The van der Waals surface area contributed by atoms with Gasteiger partial charge in [-0.25, -0.2) is 14.4 Å². The third-order valence-corrected chi connectivity index (χ3v) is 2.19. The van der Waals surface area contributed by atoms with Crippen LogP contribution in [0.4, 0.5) is 21.7 Å². The van der Waals surface area contributed by atoms with Crippen LogP contribution in [0.25, 0.3) is 0 Å². The predicted octanol–water partition coefficient (Wildman–Crippen LogP) is 2.59. The number of benzene rings is 1. The molecular formula is C10H8ClFN4. The van der Waals surface area contributed by atoms with E-state index in [1.807, 2.05) is 0 Å². The molecule has 2 aromatic rings. The molecule has 0 bridgehead atoms. The van der Waals surface area contributed by atoms with Crippen LogP contribution in [0.3, 0.4) is 0 Å². The topological polar surface area (TPSA) is 63.8 Å². The number of nitrogen functional groups attached to an aromatic ring is 1. The highest BCUT2D eigenvalue weighted by atomic mass is 35.5. The molecule has 0 amide bonds. The number of halogens is 2. The third kappa shape index (κ3) is 2.38. The number of nitrogens with one attached hydrogen (secondary N) is 1. The molecule has 0 saturated heterocycles. The Kier molecular flexibility index (Phi) is 2.87. The van der Waals surface area contributed by atoms with Crippen molar-refractivity contribution in [2.75, 3.05) is 11.1 Å². The maximum atomic E-state index is 13.0. The van der Waals surface area contributed by atoms with E-state index in [4.69, 9.17) is 17.3 Å². The zero-order valence-electron chi connectivity index (χ0n) is 8.11. The molecule has 82 valence electrons. The van der Waals surface area contributed by atoms with Crippen molar-refractivity contribution in [3.05, 3.63) is 41.4 Å². The molecule has 0 fully saturated rings. The lowest BCUT2D eigenvalue weighted by molar-refractivity contribution is 0.628. The van der Waals surface area contributed by atoms with E-state index in [2.05, 4.69) is 15.3 Å². The largest absolute Gasteiger partial charge is 0.382 e. The van der Waals surface area contributed by atoms with Crippen LogP contribution in [-0.4, -0.2) is 9.97 Å². The van der Waals surface area contributed by atoms with Crippen molar-refractivity contribution in [1.82, 2.24) is 9.97 Å². The first-order valence-electron chi connectivity index (χ1n) is 4.45. The standard InChI is InChI=1S/C10H8ClFN4/c11-7-2-1-6(12)3-8(7)16-10-5-14-9(13)4-15-10/h1-5H,(H2,13,14)(H,15,16). The van der Waals surface area contributed by atoms with Gasteiger partial charge in [0, 0.05) is 0 Å². The monoisotopic (exact) mass is 238 g/mol. The normalized spacial score (nSPS) is 10.1. The highest BCUT2D eigenvalue weighted by Crippen LogP contribution is 2.24. The maximum absolute atomic E-state index is 13.0. The Morgan fingerprint density at radius 3 is 2.75 bits per heavy atom. The van der Waals surface area contributed by atoms with E-state index < -0.39 is 0 Å². The number of hydrogen-bond acceptors (Lipinski definition) is 4. The summed E-state index contributed by atoms with van der Waals surface area (Å²) in [5.74, 6) is 0.382. The van der Waals surface area contributed by atoms with Gasteiger partial charge in [-0.1, -0.05) is 11.6 Å². The van der Waals surface area contributed by atoms with Crippen molar-refractivity contribution in [3.8, 4) is 0 Å². The number of hydrogen-bond donors (Lipinski definition) is 2. The molecule has 0 atom stereocenters. The smallest absolute Gasteiger partial charge is 0.149 e. The van der Waals surface area contributed by atoms with Gasteiger partial charge in [-0.2, -0.15) is 0 Å². The number of nitrogens with two attached hydrogens (primary N) is 1. The average Bonchev–Trinajstić information content (AvgIpc) is 2.27. The van der Waals surface area contributed by atoms with Crippen molar-refractivity contribution >= 4 is 28.9 Å². The summed E-state index contributed by atoms with van der Waals surface area (Å²) in [6.45, 7) is 0. The summed E-state index contributed by atoms with van der Waals surface area (Å²) in [4.78, 5) is 7.81. The van der Waals surface area contributed by atoms with Crippen molar-refractivity contribution in [2.45, 2.75) is 0 Å². The first-order valence-corrected chi connectivity index (χ1v) is 4.82. The second-order valence-electron chi connectivity index (χ2n) is 3.08. The third-order valence-electron chi connectivity index (χ3n) is 1.86. The quantitative estimate of drug-likeness (QED) is 0.844.